The monoisotopic (exact) mass is 340 g/mol. The molecule has 0 aromatic heterocycles. The highest BCUT2D eigenvalue weighted by Gasteiger charge is 2.39. The van der Waals surface area contributed by atoms with E-state index in [2.05, 4.69) is 27.2 Å². The summed E-state index contributed by atoms with van der Waals surface area (Å²) >= 11 is 3.07. The summed E-state index contributed by atoms with van der Waals surface area (Å²) in [5.74, 6) is -0.488. The van der Waals surface area contributed by atoms with Gasteiger partial charge in [0.15, 0.2) is 0 Å². The van der Waals surface area contributed by atoms with Crippen LogP contribution in [0.25, 0.3) is 0 Å². The second kappa shape index (κ2) is 6.65. The number of esters is 1. The number of nitrogens with one attached hydrogen (secondary N) is 1. The van der Waals surface area contributed by atoms with Gasteiger partial charge in [-0.05, 0) is 19.8 Å². The van der Waals surface area contributed by atoms with Crippen LogP contribution < -0.4 is 4.72 Å². The lowest BCUT2D eigenvalue weighted by molar-refractivity contribution is -0.146. The topological polar surface area (TPSA) is 75.7 Å². The van der Waals surface area contributed by atoms with Crippen LogP contribution in [-0.4, -0.2) is 44.4 Å². The Morgan fingerprint density at radius 2 is 2.28 bits per heavy atom. The van der Waals surface area contributed by atoms with Crippen LogP contribution in [0.1, 0.15) is 19.8 Å². The first-order valence-corrected chi connectivity index (χ1v) is 7.88. The van der Waals surface area contributed by atoms with Gasteiger partial charge in [-0.25, -0.2) is 0 Å². The number of carbonyl (C=O) groups excluding carboxylic acids is 1. The zero-order valence-corrected chi connectivity index (χ0v) is 12.6. The van der Waals surface area contributed by atoms with Crippen LogP contribution in [0, 0.1) is 0 Å². The zero-order chi connectivity index (χ0) is 13.8. The predicted molar refractivity (Wildman–Crippen MR) is 71.4 cm³/mol. The average Bonchev–Trinajstić information content (AvgIpc) is 2.76. The molecule has 0 amide bonds. The highest BCUT2D eigenvalue weighted by molar-refractivity contribution is 9.11. The first-order chi connectivity index (χ1) is 8.38. The van der Waals surface area contributed by atoms with E-state index in [-0.39, 0.29) is 13.2 Å². The molecule has 1 fully saturated rings. The molecule has 1 heterocycles. The Kier molecular flexibility index (Phi) is 5.77. The fourth-order valence-corrected chi connectivity index (χ4v) is 3.50. The van der Waals surface area contributed by atoms with Gasteiger partial charge in [0.2, 0.25) is 0 Å². The van der Waals surface area contributed by atoms with E-state index in [1.165, 1.54) is 0 Å². The maximum Gasteiger partial charge on any atom is 0.324 e. The summed E-state index contributed by atoms with van der Waals surface area (Å²) in [6, 6.07) is -0.717. The van der Waals surface area contributed by atoms with Crippen molar-refractivity contribution in [2.24, 2.45) is 0 Å². The molecular weight excluding hydrogens is 324 g/mol. The Hall–Kier alpha value is -0.440. The Morgan fingerprint density at radius 3 is 2.83 bits per heavy atom. The van der Waals surface area contributed by atoms with Crippen LogP contribution in [0.2, 0.25) is 0 Å². The minimum absolute atomic E-state index is 0.0916. The molecule has 1 atom stereocenters. The van der Waals surface area contributed by atoms with Gasteiger partial charge in [0, 0.05) is 17.6 Å². The maximum absolute atomic E-state index is 12.0. The molecule has 0 bridgehead atoms. The van der Waals surface area contributed by atoms with Crippen molar-refractivity contribution in [3.8, 4) is 0 Å². The van der Waals surface area contributed by atoms with Crippen LogP contribution in [0.15, 0.2) is 11.1 Å². The Bertz CT molecular complexity index is 424. The normalized spacial score (nSPS) is 20.9. The van der Waals surface area contributed by atoms with E-state index in [4.69, 9.17) is 4.74 Å². The van der Waals surface area contributed by atoms with Gasteiger partial charge in [0.1, 0.15) is 6.04 Å². The summed E-state index contributed by atoms with van der Waals surface area (Å²) in [5.41, 5.74) is 0. The van der Waals surface area contributed by atoms with Gasteiger partial charge in [-0.2, -0.15) is 17.4 Å². The second-order valence-electron chi connectivity index (χ2n) is 3.86. The number of nitrogens with zero attached hydrogens (tertiary/aromatic N) is 1. The smallest absolute Gasteiger partial charge is 0.324 e. The number of halogens is 1. The van der Waals surface area contributed by atoms with Gasteiger partial charge in [0.05, 0.1) is 6.61 Å². The first-order valence-electron chi connectivity index (χ1n) is 5.65. The molecule has 1 rings (SSSR count). The number of hydrogen-bond acceptors (Lipinski definition) is 4. The zero-order valence-electron chi connectivity index (χ0n) is 10.2. The Morgan fingerprint density at radius 1 is 1.61 bits per heavy atom. The standard InChI is InChI=1S/C10H17BrN2O4S/c1-3-17-10(14)9-5-4-6-13(9)18(15,16)12-7-8(2)11/h9,12H,2-7H2,1H3. The van der Waals surface area contributed by atoms with Gasteiger partial charge in [-0.1, -0.05) is 22.5 Å². The van der Waals surface area contributed by atoms with Crippen molar-refractivity contribution in [1.82, 2.24) is 9.03 Å². The third-order valence-electron chi connectivity index (χ3n) is 2.52. The largest absolute Gasteiger partial charge is 0.465 e. The molecule has 0 radical (unpaired) electrons. The minimum Gasteiger partial charge on any atom is -0.465 e. The molecule has 1 N–H and O–H groups in total. The highest BCUT2D eigenvalue weighted by atomic mass is 79.9. The number of rotatable bonds is 6. The van der Waals surface area contributed by atoms with E-state index < -0.39 is 22.2 Å². The van der Waals surface area contributed by atoms with Crippen molar-refractivity contribution in [3.63, 3.8) is 0 Å². The summed E-state index contributed by atoms with van der Waals surface area (Å²) < 4.78 is 32.9. The number of ether oxygens (including phenoxy) is 1. The highest BCUT2D eigenvalue weighted by Crippen LogP contribution is 2.21. The lowest BCUT2D eigenvalue weighted by Gasteiger charge is -2.22. The van der Waals surface area contributed by atoms with E-state index in [1.807, 2.05) is 0 Å². The molecule has 18 heavy (non-hydrogen) atoms. The van der Waals surface area contributed by atoms with Crippen molar-refractivity contribution in [2.45, 2.75) is 25.8 Å². The lowest BCUT2D eigenvalue weighted by Crippen LogP contribution is -2.47. The lowest BCUT2D eigenvalue weighted by atomic mass is 10.2. The maximum atomic E-state index is 12.0. The summed E-state index contributed by atoms with van der Waals surface area (Å²) in [6.07, 6.45) is 1.15. The molecule has 6 nitrogen and oxygen atoms in total. The van der Waals surface area contributed by atoms with E-state index in [0.29, 0.717) is 23.9 Å². The molecule has 0 aromatic carbocycles. The van der Waals surface area contributed by atoms with Crippen LogP contribution in [0.5, 0.6) is 0 Å². The Balaban J connectivity index is 2.74. The van der Waals surface area contributed by atoms with Gasteiger partial charge >= 0.3 is 5.97 Å². The fourth-order valence-electron chi connectivity index (χ4n) is 1.75. The Labute approximate surface area is 116 Å². The molecule has 104 valence electrons. The van der Waals surface area contributed by atoms with Gasteiger partial charge < -0.3 is 4.74 Å². The van der Waals surface area contributed by atoms with Crippen molar-refractivity contribution < 1.29 is 17.9 Å². The van der Waals surface area contributed by atoms with Crippen LogP contribution >= 0.6 is 15.9 Å². The summed E-state index contributed by atoms with van der Waals surface area (Å²) in [6.45, 7) is 5.90. The molecule has 8 heteroatoms. The van der Waals surface area contributed by atoms with E-state index in [0.717, 1.165) is 4.31 Å². The van der Waals surface area contributed by atoms with Gasteiger partial charge in [-0.15, -0.1) is 0 Å². The third-order valence-corrected chi connectivity index (χ3v) is 4.36. The van der Waals surface area contributed by atoms with Crippen molar-refractivity contribution in [2.75, 3.05) is 19.7 Å². The molecule has 1 aliphatic heterocycles. The van der Waals surface area contributed by atoms with Crippen LogP contribution in [-0.2, 0) is 19.7 Å². The van der Waals surface area contributed by atoms with Gasteiger partial charge in [0.25, 0.3) is 10.2 Å². The molecule has 0 aromatic rings. The van der Waals surface area contributed by atoms with E-state index >= 15 is 0 Å². The number of carbonyl (C=O) groups is 1. The molecule has 1 unspecified atom stereocenters. The summed E-state index contributed by atoms with van der Waals surface area (Å²) in [4.78, 5) is 11.7. The van der Waals surface area contributed by atoms with Crippen molar-refractivity contribution >= 4 is 32.1 Å². The minimum atomic E-state index is -3.68. The number of hydrogen-bond donors (Lipinski definition) is 1. The summed E-state index contributed by atoms with van der Waals surface area (Å²) in [5, 5.41) is 0. The van der Waals surface area contributed by atoms with Crippen LogP contribution in [0.4, 0.5) is 0 Å². The van der Waals surface area contributed by atoms with Crippen LogP contribution in [0.3, 0.4) is 0 Å². The van der Waals surface area contributed by atoms with E-state index in [1.54, 1.807) is 6.92 Å². The third kappa shape index (κ3) is 4.04. The molecule has 0 aliphatic carbocycles. The van der Waals surface area contributed by atoms with Crippen molar-refractivity contribution in [1.29, 1.82) is 0 Å². The molecular formula is C10H17BrN2O4S. The molecule has 1 aliphatic rings. The molecule has 1 saturated heterocycles. The summed E-state index contributed by atoms with van der Waals surface area (Å²) in [7, 11) is -3.68. The predicted octanol–water partition coefficient (Wildman–Crippen LogP) is 0.757. The van der Waals surface area contributed by atoms with Crippen molar-refractivity contribution in [3.05, 3.63) is 11.1 Å². The first kappa shape index (κ1) is 15.6. The SMILES string of the molecule is C=C(Br)CNS(=O)(=O)N1CCCC1C(=O)OCC. The average molecular weight is 341 g/mol. The second-order valence-corrected chi connectivity index (χ2v) is 6.69. The molecule has 0 saturated carbocycles. The van der Waals surface area contributed by atoms with Gasteiger partial charge in [-0.3, -0.25) is 4.79 Å². The van der Waals surface area contributed by atoms with E-state index in [9.17, 15) is 13.2 Å². The molecule has 0 spiro atoms. The fraction of sp³-hybridized carbons (Fsp3) is 0.700. The quantitative estimate of drug-likeness (QED) is 0.724.